The van der Waals surface area contributed by atoms with E-state index in [1.807, 2.05) is 6.92 Å². The Labute approximate surface area is 69.2 Å². The summed E-state index contributed by atoms with van der Waals surface area (Å²) in [5.41, 5.74) is 0. The second-order valence-corrected chi connectivity index (χ2v) is 3.71. The van der Waals surface area contributed by atoms with Crippen LogP contribution in [0, 0.1) is 0 Å². The Morgan fingerprint density at radius 3 is 2.82 bits per heavy atom. The summed E-state index contributed by atoms with van der Waals surface area (Å²) in [6.07, 6.45) is 4.73. The number of hydrogen-bond acceptors (Lipinski definition) is 2. The first-order chi connectivity index (χ1) is 5.20. The van der Waals surface area contributed by atoms with Crippen molar-refractivity contribution in [2.45, 2.75) is 44.8 Å². The van der Waals surface area contributed by atoms with Crippen molar-refractivity contribution >= 4 is 0 Å². The fourth-order valence-corrected chi connectivity index (χ4v) is 1.84. The quantitative estimate of drug-likeness (QED) is 0.652. The van der Waals surface area contributed by atoms with E-state index in [1.165, 1.54) is 25.8 Å². The van der Waals surface area contributed by atoms with Crippen molar-refractivity contribution in [2.75, 3.05) is 13.6 Å². The van der Waals surface area contributed by atoms with E-state index in [1.54, 1.807) is 0 Å². The molecule has 0 amide bonds. The number of piperidine rings is 1. The van der Waals surface area contributed by atoms with Crippen LogP contribution in [0.3, 0.4) is 0 Å². The summed E-state index contributed by atoms with van der Waals surface area (Å²) in [4.78, 5) is 2.37. The molecule has 11 heavy (non-hydrogen) atoms. The zero-order valence-corrected chi connectivity index (χ0v) is 7.58. The molecule has 1 saturated heterocycles. The Hall–Kier alpha value is -0.0800. The number of aliphatic hydroxyl groups is 1. The lowest BCUT2D eigenvalue weighted by Crippen LogP contribution is -2.38. The van der Waals surface area contributed by atoms with Gasteiger partial charge >= 0.3 is 0 Å². The summed E-state index contributed by atoms with van der Waals surface area (Å²) in [5.74, 6) is 0. The van der Waals surface area contributed by atoms with Gasteiger partial charge in [0.15, 0.2) is 0 Å². The number of aliphatic hydroxyl groups excluding tert-OH is 1. The van der Waals surface area contributed by atoms with Crippen molar-refractivity contribution in [1.82, 2.24) is 4.90 Å². The second kappa shape index (κ2) is 4.07. The van der Waals surface area contributed by atoms with Crippen LogP contribution in [0.25, 0.3) is 0 Å². The third kappa shape index (κ3) is 2.80. The highest BCUT2D eigenvalue weighted by Crippen LogP contribution is 2.18. The third-order valence-corrected chi connectivity index (χ3v) is 2.53. The minimum absolute atomic E-state index is 0.138. The maximum atomic E-state index is 9.20. The molecule has 0 bridgehead atoms. The van der Waals surface area contributed by atoms with Gasteiger partial charge in [0.1, 0.15) is 0 Å². The smallest absolute Gasteiger partial charge is 0.0527 e. The van der Waals surface area contributed by atoms with Crippen LogP contribution in [0.15, 0.2) is 0 Å². The van der Waals surface area contributed by atoms with Gasteiger partial charge in [-0.1, -0.05) is 6.42 Å². The Kier molecular flexibility index (Phi) is 3.34. The van der Waals surface area contributed by atoms with E-state index in [-0.39, 0.29) is 6.10 Å². The van der Waals surface area contributed by atoms with Gasteiger partial charge in [-0.15, -0.1) is 0 Å². The second-order valence-electron chi connectivity index (χ2n) is 3.71. The number of nitrogens with zero attached hydrogens (tertiary/aromatic N) is 1. The summed E-state index contributed by atoms with van der Waals surface area (Å²) >= 11 is 0. The van der Waals surface area contributed by atoms with Gasteiger partial charge in [-0.25, -0.2) is 0 Å². The van der Waals surface area contributed by atoms with Gasteiger partial charge in [-0.2, -0.15) is 0 Å². The summed E-state index contributed by atoms with van der Waals surface area (Å²) < 4.78 is 0. The van der Waals surface area contributed by atoms with Gasteiger partial charge in [0, 0.05) is 6.04 Å². The Morgan fingerprint density at radius 2 is 2.27 bits per heavy atom. The highest BCUT2D eigenvalue weighted by Gasteiger charge is 2.19. The van der Waals surface area contributed by atoms with Gasteiger partial charge in [-0.05, 0) is 39.8 Å². The van der Waals surface area contributed by atoms with E-state index < -0.39 is 0 Å². The number of likely N-dealkylation sites (tertiary alicyclic amines) is 1. The van der Waals surface area contributed by atoms with Crippen molar-refractivity contribution in [3.8, 4) is 0 Å². The van der Waals surface area contributed by atoms with Crippen molar-refractivity contribution in [2.24, 2.45) is 0 Å². The lowest BCUT2D eigenvalue weighted by Gasteiger charge is -2.33. The maximum absolute atomic E-state index is 9.20. The zero-order valence-electron chi connectivity index (χ0n) is 7.58. The predicted octanol–water partition coefficient (Wildman–Crippen LogP) is 1.24. The van der Waals surface area contributed by atoms with Crippen LogP contribution in [-0.4, -0.2) is 35.7 Å². The molecule has 0 radical (unpaired) electrons. The molecule has 1 aliphatic heterocycles. The molecule has 1 fully saturated rings. The summed E-state index contributed by atoms with van der Waals surface area (Å²) in [7, 11) is 2.16. The Balaban J connectivity index is 2.29. The minimum atomic E-state index is -0.138. The molecule has 66 valence electrons. The molecule has 0 aromatic carbocycles. The van der Waals surface area contributed by atoms with Crippen molar-refractivity contribution < 1.29 is 5.11 Å². The first-order valence-electron chi connectivity index (χ1n) is 4.58. The molecule has 1 N–H and O–H groups in total. The minimum Gasteiger partial charge on any atom is -0.393 e. The van der Waals surface area contributed by atoms with Gasteiger partial charge < -0.3 is 10.0 Å². The van der Waals surface area contributed by atoms with Crippen LogP contribution in [0.4, 0.5) is 0 Å². The number of rotatable bonds is 2. The van der Waals surface area contributed by atoms with Crippen molar-refractivity contribution in [3.63, 3.8) is 0 Å². The first-order valence-corrected chi connectivity index (χ1v) is 4.58. The molecule has 1 aliphatic rings. The van der Waals surface area contributed by atoms with E-state index >= 15 is 0 Å². The van der Waals surface area contributed by atoms with Gasteiger partial charge in [0.05, 0.1) is 6.10 Å². The molecule has 2 atom stereocenters. The monoisotopic (exact) mass is 157 g/mol. The summed E-state index contributed by atoms with van der Waals surface area (Å²) in [6, 6.07) is 0.628. The van der Waals surface area contributed by atoms with Crippen molar-refractivity contribution in [1.29, 1.82) is 0 Å². The van der Waals surface area contributed by atoms with Crippen LogP contribution in [0.1, 0.15) is 32.6 Å². The summed E-state index contributed by atoms with van der Waals surface area (Å²) in [5, 5.41) is 9.20. The van der Waals surface area contributed by atoms with Crippen molar-refractivity contribution in [3.05, 3.63) is 0 Å². The summed E-state index contributed by atoms with van der Waals surface area (Å²) in [6.45, 7) is 3.08. The third-order valence-electron chi connectivity index (χ3n) is 2.53. The molecule has 0 spiro atoms. The normalized spacial score (nSPS) is 30.3. The van der Waals surface area contributed by atoms with Gasteiger partial charge in [-0.3, -0.25) is 0 Å². The molecule has 0 unspecified atom stereocenters. The van der Waals surface area contributed by atoms with Crippen LogP contribution < -0.4 is 0 Å². The molecule has 0 aromatic rings. The molecule has 1 rings (SSSR count). The lowest BCUT2D eigenvalue weighted by atomic mass is 9.98. The molecular weight excluding hydrogens is 138 g/mol. The molecule has 1 heterocycles. The number of hydrogen-bond donors (Lipinski definition) is 1. The SMILES string of the molecule is C[C@@H](O)C[C@@H]1CCCCN1C. The molecule has 0 aliphatic carbocycles. The average molecular weight is 157 g/mol. The fourth-order valence-electron chi connectivity index (χ4n) is 1.84. The van der Waals surface area contributed by atoms with Crippen LogP contribution >= 0.6 is 0 Å². The molecule has 2 heteroatoms. The molecular formula is C9H19NO. The van der Waals surface area contributed by atoms with Gasteiger partial charge in [0.2, 0.25) is 0 Å². The Morgan fingerprint density at radius 1 is 1.55 bits per heavy atom. The standard InChI is InChI=1S/C9H19NO/c1-8(11)7-9-5-3-4-6-10(9)2/h8-9,11H,3-7H2,1-2H3/t8-,9+/m1/s1. The van der Waals surface area contributed by atoms with Crippen LogP contribution in [-0.2, 0) is 0 Å². The predicted molar refractivity (Wildman–Crippen MR) is 46.6 cm³/mol. The fraction of sp³-hybridized carbons (Fsp3) is 1.00. The van der Waals surface area contributed by atoms with E-state index in [0.29, 0.717) is 6.04 Å². The van der Waals surface area contributed by atoms with Gasteiger partial charge in [0.25, 0.3) is 0 Å². The van der Waals surface area contributed by atoms with E-state index in [9.17, 15) is 5.11 Å². The lowest BCUT2D eigenvalue weighted by molar-refractivity contribution is 0.105. The largest absolute Gasteiger partial charge is 0.393 e. The highest BCUT2D eigenvalue weighted by molar-refractivity contribution is 4.75. The topological polar surface area (TPSA) is 23.5 Å². The first kappa shape index (κ1) is 9.01. The molecule has 0 saturated carbocycles. The molecule has 2 nitrogen and oxygen atoms in total. The Bertz CT molecular complexity index is 114. The van der Waals surface area contributed by atoms with Crippen LogP contribution in [0.2, 0.25) is 0 Å². The van der Waals surface area contributed by atoms with E-state index in [2.05, 4.69) is 11.9 Å². The highest BCUT2D eigenvalue weighted by atomic mass is 16.3. The van der Waals surface area contributed by atoms with E-state index in [0.717, 1.165) is 6.42 Å². The zero-order chi connectivity index (χ0) is 8.27. The molecule has 0 aromatic heterocycles. The average Bonchev–Trinajstić information content (AvgIpc) is 1.93. The van der Waals surface area contributed by atoms with Crippen LogP contribution in [0.5, 0.6) is 0 Å². The maximum Gasteiger partial charge on any atom is 0.0527 e. The van der Waals surface area contributed by atoms with E-state index in [4.69, 9.17) is 0 Å².